The minimum absolute atomic E-state index is 0.291. The summed E-state index contributed by atoms with van der Waals surface area (Å²) in [5, 5.41) is 4.29. The van der Waals surface area contributed by atoms with Crippen LogP contribution in [0.5, 0.6) is 23.1 Å². The van der Waals surface area contributed by atoms with Gasteiger partial charge >= 0.3 is 0 Å². The number of nitrogens with two attached hydrogens (primary N) is 1. The van der Waals surface area contributed by atoms with Crippen molar-refractivity contribution in [2.75, 3.05) is 27.1 Å². The van der Waals surface area contributed by atoms with Crippen LogP contribution in [0.4, 0.5) is 5.82 Å². The first-order valence-electron chi connectivity index (χ1n) is 7.18. The molecule has 0 atom stereocenters. The molecule has 24 heavy (non-hydrogen) atoms. The lowest BCUT2D eigenvalue weighted by molar-refractivity contribution is 0.284. The first-order chi connectivity index (χ1) is 11.6. The van der Waals surface area contributed by atoms with Gasteiger partial charge < -0.3 is 24.7 Å². The Hall–Kier alpha value is -3.16. The van der Waals surface area contributed by atoms with Gasteiger partial charge in [0, 0.05) is 6.07 Å². The number of anilines is 1. The molecule has 2 heterocycles. The number of hydrogen-bond donors (Lipinski definition) is 1. The molecule has 0 unspecified atom stereocenters. The molecule has 0 aliphatic carbocycles. The van der Waals surface area contributed by atoms with E-state index in [-0.39, 0.29) is 0 Å². The Morgan fingerprint density at radius 2 is 1.75 bits per heavy atom. The molecule has 126 valence electrons. The molecule has 3 aromatic rings. The third kappa shape index (κ3) is 2.98. The van der Waals surface area contributed by atoms with Gasteiger partial charge in [-0.2, -0.15) is 0 Å². The Morgan fingerprint density at radius 3 is 2.38 bits per heavy atom. The maximum absolute atomic E-state index is 5.73. The largest absolute Gasteiger partial charge is 0.493 e. The van der Waals surface area contributed by atoms with Crippen molar-refractivity contribution in [3.8, 4) is 23.1 Å². The SMILES string of the molecule is COc1cc(COc2ccc3nc(N)cn3n2)cc(OC)c1OC. The molecule has 0 aliphatic heterocycles. The molecule has 2 N–H and O–H groups in total. The van der Waals surface area contributed by atoms with Crippen LogP contribution in [0.15, 0.2) is 30.5 Å². The van der Waals surface area contributed by atoms with Crippen LogP contribution >= 0.6 is 0 Å². The molecule has 0 fully saturated rings. The Kier molecular flexibility index (Phi) is 4.28. The van der Waals surface area contributed by atoms with Crippen LogP contribution in [0.25, 0.3) is 5.65 Å². The lowest BCUT2D eigenvalue weighted by Crippen LogP contribution is -2.02. The van der Waals surface area contributed by atoms with Crippen molar-refractivity contribution < 1.29 is 18.9 Å². The quantitative estimate of drug-likeness (QED) is 0.738. The number of aromatic nitrogens is 3. The van der Waals surface area contributed by atoms with Crippen molar-refractivity contribution in [1.82, 2.24) is 14.6 Å². The normalized spacial score (nSPS) is 10.6. The third-order valence-electron chi connectivity index (χ3n) is 3.43. The number of nitrogens with zero attached hydrogens (tertiary/aromatic N) is 3. The molecule has 0 radical (unpaired) electrons. The summed E-state index contributed by atoms with van der Waals surface area (Å²) in [6.45, 7) is 0.291. The fraction of sp³-hybridized carbons (Fsp3) is 0.250. The zero-order chi connectivity index (χ0) is 17.1. The molecule has 1 aromatic carbocycles. The zero-order valence-corrected chi connectivity index (χ0v) is 13.6. The summed E-state index contributed by atoms with van der Waals surface area (Å²) in [4.78, 5) is 4.11. The van der Waals surface area contributed by atoms with Gasteiger partial charge in [-0.25, -0.2) is 9.50 Å². The van der Waals surface area contributed by atoms with Crippen molar-refractivity contribution in [3.63, 3.8) is 0 Å². The Bertz CT molecular complexity index is 837. The maximum Gasteiger partial charge on any atom is 0.232 e. The summed E-state index contributed by atoms with van der Waals surface area (Å²) in [6, 6.07) is 7.18. The zero-order valence-electron chi connectivity index (χ0n) is 13.6. The van der Waals surface area contributed by atoms with Gasteiger partial charge in [0.05, 0.1) is 27.5 Å². The van der Waals surface area contributed by atoms with E-state index in [4.69, 9.17) is 24.7 Å². The number of ether oxygens (including phenoxy) is 4. The van der Waals surface area contributed by atoms with Gasteiger partial charge in [-0.05, 0) is 23.8 Å². The van der Waals surface area contributed by atoms with Crippen molar-refractivity contribution in [2.24, 2.45) is 0 Å². The lowest BCUT2D eigenvalue weighted by atomic mass is 10.2. The molecule has 2 aromatic heterocycles. The standard InChI is InChI=1S/C16H18N4O4/c1-21-11-6-10(7-12(22-2)16(11)23-3)9-24-15-5-4-14-18-13(17)8-20(14)19-15/h4-8H,9,17H2,1-3H3. The second-order valence-corrected chi connectivity index (χ2v) is 4.96. The third-order valence-corrected chi connectivity index (χ3v) is 3.43. The number of nitrogen functional groups attached to an aromatic ring is 1. The summed E-state index contributed by atoms with van der Waals surface area (Å²) in [5.74, 6) is 2.54. The van der Waals surface area contributed by atoms with Crippen LogP contribution in [0.2, 0.25) is 0 Å². The highest BCUT2D eigenvalue weighted by Crippen LogP contribution is 2.38. The number of rotatable bonds is 6. The lowest BCUT2D eigenvalue weighted by Gasteiger charge is -2.14. The van der Waals surface area contributed by atoms with Gasteiger partial charge in [-0.15, -0.1) is 5.10 Å². The first-order valence-corrected chi connectivity index (χ1v) is 7.18. The Labute approximate surface area is 138 Å². The average Bonchev–Trinajstić information content (AvgIpc) is 2.97. The Balaban J connectivity index is 1.82. The van der Waals surface area contributed by atoms with Crippen LogP contribution in [-0.4, -0.2) is 35.9 Å². The van der Waals surface area contributed by atoms with Crippen molar-refractivity contribution in [2.45, 2.75) is 6.61 Å². The molecule has 0 aliphatic rings. The maximum atomic E-state index is 5.73. The minimum Gasteiger partial charge on any atom is -0.493 e. The molecular formula is C16H18N4O4. The highest BCUT2D eigenvalue weighted by molar-refractivity contribution is 5.53. The van der Waals surface area contributed by atoms with E-state index in [0.29, 0.717) is 41.2 Å². The highest BCUT2D eigenvalue weighted by Gasteiger charge is 2.13. The Morgan fingerprint density at radius 1 is 1.04 bits per heavy atom. The van der Waals surface area contributed by atoms with Crippen molar-refractivity contribution >= 4 is 11.5 Å². The topological polar surface area (TPSA) is 93.1 Å². The molecule has 8 nitrogen and oxygen atoms in total. The van der Waals surface area contributed by atoms with Crippen molar-refractivity contribution in [1.29, 1.82) is 0 Å². The van der Waals surface area contributed by atoms with Gasteiger partial charge in [0.25, 0.3) is 0 Å². The first kappa shape index (κ1) is 15.7. The van der Waals surface area contributed by atoms with E-state index < -0.39 is 0 Å². The van der Waals surface area contributed by atoms with Crippen LogP contribution < -0.4 is 24.7 Å². The molecule has 8 heteroatoms. The number of imidazole rings is 1. The molecular weight excluding hydrogens is 312 g/mol. The van der Waals surface area contributed by atoms with Crippen LogP contribution in [0.3, 0.4) is 0 Å². The summed E-state index contributed by atoms with van der Waals surface area (Å²) in [5.41, 5.74) is 7.16. The molecule has 0 saturated carbocycles. The van der Waals surface area contributed by atoms with E-state index in [1.54, 1.807) is 44.2 Å². The number of benzene rings is 1. The number of hydrogen-bond acceptors (Lipinski definition) is 7. The summed E-state index contributed by atoms with van der Waals surface area (Å²) in [6.07, 6.45) is 1.63. The fourth-order valence-corrected chi connectivity index (χ4v) is 2.34. The van der Waals surface area contributed by atoms with Crippen LogP contribution in [-0.2, 0) is 6.61 Å². The molecule has 0 spiro atoms. The number of methoxy groups -OCH3 is 3. The van der Waals surface area contributed by atoms with Gasteiger partial charge in [-0.3, -0.25) is 0 Å². The minimum atomic E-state index is 0.291. The monoisotopic (exact) mass is 330 g/mol. The second-order valence-electron chi connectivity index (χ2n) is 4.96. The van der Waals surface area contributed by atoms with E-state index >= 15 is 0 Å². The fourth-order valence-electron chi connectivity index (χ4n) is 2.34. The van der Waals surface area contributed by atoms with Gasteiger partial charge in [0.15, 0.2) is 17.1 Å². The summed E-state index contributed by atoms with van der Waals surface area (Å²) < 4.78 is 23.3. The van der Waals surface area contributed by atoms with E-state index in [2.05, 4.69) is 10.1 Å². The average molecular weight is 330 g/mol. The van der Waals surface area contributed by atoms with Crippen LogP contribution in [0, 0.1) is 0 Å². The summed E-state index contributed by atoms with van der Waals surface area (Å²) >= 11 is 0. The van der Waals surface area contributed by atoms with Crippen molar-refractivity contribution in [3.05, 3.63) is 36.0 Å². The summed E-state index contributed by atoms with van der Waals surface area (Å²) in [7, 11) is 4.70. The molecule has 0 saturated heterocycles. The van der Waals surface area contributed by atoms with Crippen LogP contribution in [0.1, 0.15) is 5.56 Å². The van der Waals surface area contributed by atoms with E-state index in [9.17, 15) is 0 Å². The molecule has 0 amide bonds. The smallest absolute Gasteiger partial charge is 0.232 e. The van der Waals surface area contributed by atoms with E-state index in [0.717, 1.165) is 5.56 Å². The molecule has 3 rings (SSSR count). The predicted molar refractivity (Wildman–Crippen MR) is 87.8 cm³/mol. The highest BCUT2D eigenvalue weighted by atomic mass is 16.5. The number of fused-ring (bicyclic) bond motifs is 1. The van der Waals surface area contributed by atoms with E-state index in [1.165, 1.54) is 0 Å². The van der Waals surface area contributed by atoms with Gasteiger partial charge in [0.1, 0.15) is 12.4 Å². The van der Waals surface area contributed by atoms with Gasteiger partial charge in [-0.1, -0.05) is 0 Å². The molecule has 0 bridgehead atoms. The van der Waals surface area contributed by atoms with E-state index in [1.807, 2.05) is 12.1 Å². The second kappa shape index (κ2) is 6.53. The van der Waals surface area contributed by atoms with Gasteiger partial charge in [0.2, 0.25) is 11.6 Å². The predicted octanol–water partition coefficient (Wildman–Crippen LogP) is 1.92.